The third-order valence-corrected chi connectivity index (χ3v) is 6.27. The van der Waals surface area contributed by atoms with Crippen LogP contribution in [-0.4, -0.2) is 46.8 Å². The Labute approximate surface area is 188 Å². The Morgan fingerprint density at radius 2 is 1.66 bits per heavy atom. The molecule has 2 aromatic heterocycles. The van der Waals surface area contributed by atoms with Gasteiger partial charge in [0.1, 0.15) is 11.5 Å². The van der Waals surface area contributed by atoms with E-state index < -0.39 is 0 Å². The molecule has 4 aromatic rings. The molecule has 0 unspecified atom stereocenters. The Morgan fingerprint density at radius 3 is 2.41 bits per heavy atom. The first-order valence-corrected chi connectivity index (χ1v) is 11.1. The zero-order valence-corrected chi connectivity index (χ0v) is 18.6. The van der Waals surface area contributed by atoms with Crippen molar-refractivity contribution in [2.75, 3.05) is 27.3 Å². The molecule has 1 aliphatic heterocycles. The fourth-order valence-corrected chi connectivity index (χ4v) is 4.39. The van der Waals surface area contributed by atoms with Gasteiger partial charge < -0.3 is 9.47 Å². The maximum absolute atomic E-state index is 5.36. The lowest BCUT2D eigenvalue weighted by Gasteiger charge is -2.30. The van der Waals surface area contributed by atoms with E-state index >= 15 is 0 Å². The second-order valence-electron chi connectivity index (χ2n) is 8.32. The van der Waals surface area contributed by atoms with E-state index in [4.69, 9.17) is 19.6 Å². The molecule has 6 nitrogen and oxygen atoms in total. The van der Waals surface area contributed by atoms with Gasteiger partial charge in [-0.15, -0.1) is 0 Å². The first-order valence-electron chi connectivity index (χ1n) is 11.1. The third kappa shape index (κ3) is 4.32. The number of hydrogen-bond donors (Lipinski definition) is 0. The summed E-state index contributed by atoms with van der Waals surface area (Å²) in [5, 5.41) is 4.84. The Hall–Kier alpha value is -3.38. The normalized spacial score (nSPS) is 15.2. The van der Waals surface area contributed by atoms with Gasteiger partial charge in [-0.2, -0.15) is 5.10 Å². The van der Waals surface area contributed by atoms with Gasteiger partial charge in [-0.25, -0.2) is 9.50 Å². The van der Waals surface area contributed by atoms with E-state index in [1.165, 1.54) is 5.56 Å². The monoisotopic (exact) mass is 428 g/mol. The van der Waals surface area contributed by atoms with Gasteiger partial charge in [0, 0.05) is 24.2 Å². The topological polar surface area (TPSA) is 51.9 Å². The highest BCUT2D eigenvalue weighted by Gasteiger charge is 2.24. The number of ether oxygens (including phenoxy) is 2. The van der Waals surface area contributed by atoms with Gasteiger partial charge in [0.15, 0.2) is 11.5 Å². The number of hydrogen-bond acceptors (Lipinski definition) is 5. The SMILES string of the molecule is COc1ccc(CN2CCC(c3nc4ccc(-c5cccc(OC)c5)cn4n3)CC2)cc1. The summed E-state index contributed by atoms with van der Waals surface area (Å²) in [6.07, 6.45) is 4.21. The summed E-state index contributed by atoms with van der Waals surface area (Å²) >= 11 is 0. The van der Waals surface area contributed by atoms with Crippen molar-refractivity contribution in [1.29, 1.82) is 0 Å². The first-order chi connectivity index (χ1) is 15.7. The molecule has 0 aliphatic carbocycles. The number of piperidine rings is 1. The molecule has 3 heterocycles. The molecule has 32 heavy (non-hydrogen) atoms. The average Bonchev–Trinajstić information content (AvgIpc) is 3.28. The van der Waals surface area contributed by atoms with Crippen molar-refractivity contribution in [3.8, 4) is 22.6 Å². The number of fused-ring (bicyclic) bond motifs is 1. The van der Waals surface area contributed by atoms with E-state index in [2.05, 4.69) is 35.4 Å². The fourth-order valence-electron chi connectivity index (χ4n) is 4.39. The number of likely N-dealkylation sites (tertiary alicyclic amines) is 1. The Morgan fingerprint density at radius 1 is 0.875 bits per heavy atom. The lowest BCUT2D eigenvalue weighted by Crippen LogP contribution is -2.32. The minimum Gasteiger partial charge on any atom is -0.497 e. The van der Waals surface area contributed by atoms with Gasteiger partial charge in [-0.1, -0.05) is 24.3 Å². The van der Waals surface area contributed by atoms with Gasteiger partial charge >= 0.3 is 0 Å². The number of pyridine rings is 1. The maximum Gasteiger partial charge on any atom is 0.155 e. The Balaban J connectivity index is 1.26. The van der Waals surface area contributed by atoms with Crippen LogP contribution in [0.1, 0.15) is 30.1 Å². The highest BCUT2D eigenvalue weighted by molar-refractivity contribution is 5.66. The van der Waals surface area contributed by atoms with Crippen LogP contribution >= 0.6 is 0 Å². The van der Waals surface area contributed by atoms with Gasteiger partial charge in [0.2, 0.25) is 0 Å². The predicted octanol–water partition coefficient (Wildman–Crippen LogP) is 4.79. The van der Waals surface area contributed by atoms with Crippen LogP contribution in [0.4, 0.5) is 0 Å². The summed E-state index contributed by atoms with van der Waals surface area (Å²) in [4.78, 5) is 7.34. The Bertz CT molecular complexity index is 1190. The molecule has 1 aliphatic rings. The average molecular weight is 429 g/mol. The second kappa shape index (κ2) is 9.01. The van der Waals surface area contributed by atoms with Crippen molar-refractivity contribution < 1.29 is 9.47 Å². The molecule has 0 bridgehead atoms. The van der Waals surface area contributed by atoms with E-state index in [9.17, 15) is 0 Å². The predicted molar refractivity (Wildman–Crippen MR) is 125 cm³/mol. The van der Waals surface area contributed by atoms with Crippen molar-refractivity contribution in [2.45, 2.75) is 25.3 Å². The maximum atomic E-state index is 5.36. The molecule has 5 rings (SSSR count). The van der Waals surface area contributed by atoms with Crippen molar-refractivity contribution in [2.24, 2.45) is 0 Å². The summed E-state index contributed by atoms with van der Waals surface area (Å²) in [6.45, 7) is 3.09. The minimum absolute atomic E-state index is 0.405. The Kier molecular flexibility index (Phi) is 5.77. The zero-order chi connectivity index (χ0) is 21.9. The van der Waals surface area contributed by atoms with E-state index in [1.807, 2.05) is 40.9 Å². The number of aromatic nitrogens is 3. The van der Waals surface area contributed by atoms with Crippen LogP contribution in [0.25, 0.3) is 16.8 Å². The number of rotatable bonds is 6. The number of methoxy groups -OCH3 is 2. The fraction of sp³-hybridized carbons (Fsp3) is 0.308. The van der Waals surface area contributed by atoms with Crippen LogP contribution in [0.3, 0.4) is 0 Å². The van der Waals surface area contributed by atoms with Crippen LogP contribution in [0.15, 0.2) is 66.9 Å². The molecule has 0 saturated carbocycles. The quantitative estimate of drug-likeness (QED) is 0.442. The van der Waals surface area contributed by atoms with E-state index in [0.29, 0.717) is 5.92 Å². The van der Waals surface area contributed by atoms with E-state index in [0.717, 1.165) is 66.6 Å². The van der Waals surface area contributed by atoms with Crippen LogP contribution in [0, 0.1) is 0 Å². The number of nitrogens with zero attached hydrogens (tertiary/aromatic N) is 4. The molecular weight excluding hydrogens is 400 g/mol. The summed E-state index contributed by atoms with van der Waals surface area (Å²) in [5.74, 6) is 3.11. The van der Waals surface area contributed by atoms with Crippen LogP contribution in [0.2, 0.25) is 0 Å². The summed E-state index contributed by atoms with van der Waals surface area (Å²) in [7, 11) is 3.39. The first kappa shape index (κ1) is 20.5. The van der Waals surface area contributed by atoms with Gasteiger partial charge in [0.05, 0.1) is 14.2 Å². The van der Waals surface area contributed by atoms with Crippen LogP contribution in [-0.2, 0) is 6.54 Å². The highest BCUT2D eigenvalue weighted by atomic mass is 16.5. The molecule has 2 aromatic carbocycles. The lowest BCUT2D eigenvalue weighted by molar-refractivity contribution is 0.201. The molecule has 164 valence electrons. The third-order valence-electron chi connectivity index (χ3n) is 6.27. The molecule has 1 saturated heterocycles. The van der Waals surface area contributed by atoms with E-state index in [1.54, 1.807) is 14.2 Å². The smallest absolute Gasteiger partial charge is 0.155 e. The standard InChI is InChI=1S/C26H28N4O2/c1-31-23-9-6-19(7-10-23)17-29-14-12-20(13-15-29)26-27-25-11-8-22(18-30(25)28-26)21-4-3-5-24(16-21)32-2/h3-11,16,18,20H,12-15,17H2,1-2H3. The molecule has 0 amide bonds. The van der Waals surface area contributed by atoms with Gasteiger partial charge in [0.25, 0.3) is 0 Å². The molecule has 0 spiro atoms. The second-order valence-corrected chi connectivity index (χ2v) is 8.32. The highest BCUT2D eigenvalue weighted by Crippen LogP contribution is 2.28. The summed E-state index contributed by atoms with van der Waals surface area (Å²) in [5.41, 5.74) is 4.42. The largest absolute Gasteiger partial charge is 0.497 e. The van der Waals surface area contributed by atoms with Crippen molar-refractivity contribution in [1.82, 2.24) is 19.5 Å². The zero-order valence-electron chi connectivity index (χ0n) is 18.6. The van der Waals surface area contributed by atoms with Crippen LogP contribution in [0.5, 0.6) is 11.5 Å². The molecule has 6 heteroatoms. The summed E-state index contributed by atoms with van der Waals surface area (Å²) < 4.78 is 12.5. The van der Waals surface area contributed by atoms with Crippen molar-refractivity contribution in [3.05, 3.63) is 78.2 Å². The molecule has 0 N–H and O–H groups in total. The lowest BCUT2D eigenvalue weighted by atomic mass is 9.96. The summed E-state index contributed by atoms with van der Waals surface area (Å²) in [6, 6.07) is 20.6. The van der Waals surface area contributed by atoms with Crippen molar-refractivity contribution >= 4 is 5.65 Å². The van der Waals surface area contributed by atoms with E-state index in [-0.39, 0.29) is 0 Å². The van der Waals surface area contributed by atoms with Gasteiger partial charge in [-0.3, -0.25) is 4.90 Å². The van der Waals surface area contributed by atoms with Crippen molar-refractivity contribution in [3.63, 3.8) is 0 Å². The number of benzene rings is 2. The molecular formula is C26H28N4O2. The van der Waals surface area contributed by atoms with Gasteiger partial charge in [-0.05, 0) is 73.5 Å². The molecule has 0 atom stereocenters. The van der Waals surface area contributed by atoms with Crippen LogP contribution < -0.4 is 9.47 Å². The minimum atomic E-state index is 0.405. The molecule has 0 radical (unpaired) electrons. The molecule has 1 fully saturated rings.